The van der Waals surface area contributed by atoms with E-state index in [0.29, 0.717) is 24.1 Å². The number of aromatic nitrogens is 2. The lowest BCUT2D eigenvalue weighted by Crippen LogP contribution is -3.12. The number of sulfonamides is 1. The Bertz CT molecular complexity index is 738. The van der Waals surface area contributed by atoms with Crippen molar-refractivity contribution in [3.05, 3.63) is 16.6 Å². The predicted octanol–water partition coefficient (Wildman–Crippen LogP) is -0.0272. The van der Waals surface area contributed by atoms with Gasteiger partial charge in [-0.1, -0.05) is 0 Å². The molecule has 0 unspecified atom stereocenters. The Morgan fingerprint density at radius 3 is 2.60 bits per heavy atom. The lowest BCUT2D eigenvalue weighted by molar-refractivity contribution is -0.883. The molecule has 3 rings (SSSR count). The molecular formula is C11H14BrN4O2S2+. The highest BCUT2D eigenvalue weighted by atomic mass is 79.9. The third kappa shape index (κ3) is 2.37. The third-order valence-corrected chi connectivity index (χ3v) is 6.62. The first-order valence-electron chi connectivity index (χ1n) is 6.22. The van der Waals surface area contributed by atoms with Crippen molar-refractivity contribution in [2.24, 2.45) is 0 Å². The number of hydrogen-bond donors (Lipinski definition) is 1. The molecule has 108 valence electrons. The minimum absolute atomic E-state index is 0.254. The zero-order chi connectivity index (χ0) is 14.3. The van der Waals surface area contributed by atoms with Gasteiger partial charge in [0.1, 0.15) is 15.9 Å². The van der Waals surface area contributed by atoms with Gasteiger partial charge in [0, 0.05) is 4.47 Å². The highest BCUT2D eigenvalue weighted by Crippen LogP contribution is 2.29. The summed E-state index contributed by atoms with van der Waals surface area (Å²) in [5.41, 5.74) is 1.06. The molecule has 0 bridgehead atoms. The van der Waals surface area contributed by atoms with Crippen molar-refractivity contribution in [1.29, 1.82) is 0 Å². The molecule has 1 aromatic heterocycles. The topological polar surface area (TPSA) is 67.6 Å². The minimum atomic E-state index is -3.50. The normalized spacial score (nSPS) is 18.7. The van der Waals surface area contributed by atoms with Gasteiger partial charge in [-0.25, -0.2) is 8.42 Å². The molecule has 0 saturated carbocycles. The maximum atomic E-state index is 12.8. The number of quaternary nitrogens is 1. The van der Waals surface area contributed by atoms with Crippen LogP contribution in [0.25, 0.3) is 11.0 Å². The van der Waals surface area contributed by atoms with E-state index < -0.39 is 10.0 Å². The number of benzene rings is 1. The molecule has 2 heterocycles. The highest BCUT2D eigenvalue weighted by Gasteiger charge is 2.31. The Kier molecular flexibility index (Phi) is 3.80. The molecule has 0 amide bonds. The van der Waals surface area contributed by atoms with Crippen LogP contribution in [0, 0.1) is 0 Å². The molecule has 1 N–H and O–H groups in total. The second kappa shape index (κ2) is 5.30. The summed E-state index contributed by atoms with van der Waals surface area (Å²) >= 11 is 4.40. The second-order valence-corrected chi connectivity index (χ2v) is 8.16. The smallest absolute Gasteiger partial charge is 0.245 e. The molecule has 6 nitrogen and oxygen atoms in total. The fraction of sp³-hybridized carbons (Fsp3) is 0.455. The molecule has 9 heteroatoms. The Balaban J connectivity index is 2.06. The largest absolute Gasteiger partial charge is 0.335 e. The molecule has 0 spiro atoms. The Hall–Kier alpha value is -0.610. The molecular weight excluding hydrogens is 364 g/mol. The number of halogens is 1. The van der Waals surface area contributed by atoms with Crippen LogP contribution in [0.1, 0.15) is 0 Å². The summed E-state index contributed by atoms with van der Waals surface area (Å²) in [6.07, 6.45) is 0. The zero-order valence-electron chi connectivity index (χ0n) is 10.8. The summed E-state index contributed by atoms with van der Waals surface area (Å²) in [7, 11) is -1.42. The molecule has 1 aliphatic heterocycles. The summed E-state index contributed by atoms with van der Waals surface area (Å²) in [6, 6.07) is 3.33. The summed E-state index contributed by atoms with van der Waals surface area (Å²) in [6.45, 7) is 2.75. The lowest BCUT2D eigenvalue weighted by atomic mass is 10.3. The van der Waals surface area contributed by atoms with Gasteiger partial charge in [0.25, 0.3) is 0 Å². The van der Waals surface area contributed by atoms with E-state index in [0.717, 1.165) is 29.3 Å². The quantitative estimate of drug-likeness (QED) is 0.797. The first-order chi connectivity index (χ1) is 9.50. The van der Waals surface area contributed by atoms with Crippen molar-refractivity contribution >= 4 is 48.7 Å². The van der Waals surface area contributed by atoms with E-state index in [2.05, 4.69) is 31.7 Å². The van der Waals surface area contributed by atoms with Gasteiger partial charge in [0.05, 0.1) is 45.0 Å². The number of nitrogens with zero attached hydrogens (tertiary/aromatic N) is 3. The summed E-state index contributed by atoms with van der Waals surface area (Å²) in [5, 5.41) is 0. The standard InChI is InChI=1S/C11H13BrN4O2S2/c1-15-4-6-16(7-5-15)20(17,18)9-3-2-8(12)10-11(9)14-19-13-10/h2-3H,4-7H2,1H3/p+1. The van der Waals surface area contributed by atoms with Crippen LogP contribution in [0.15, 0.2) is 21.5 Å². The second-order valence-electron chi connectivity index (χ2n) is 4.87. The Morgan fingerprint density at radius 2 is 1.90 bits per heavy atom. The number of nitrogens with one attached hydrogen (secondary N) is 1. The van der Waals surface area contributed by atoms with Crippen LogP contribution in [0.2, 0.25) is 0 Å². The SMILES string of the molecule is C[NH+]1CCN(S(=O)(=O)c2ccc(Br)c3nsnc23)CC1. The number of piperazine rings is 1. The van der Waals surface area contributed by atoms with Crippen molar-refractivity contribution in [1.82, 2.24) is 13.1 Å². The molecule has 20 heavy (non-hydrogen) atoms. The van der Waals surface area contributed by atoms with Crippen LogP contribution in [-0.2, 0) is 10.0 Å². The first kappa shape index (κ1) is 14.3. The van der Waals surface area contributed by atoms with E-state index in [1.165, 1.54) is 4.90 Å². The highest BCUT2D eigenvalue weighted by molar-refractivity contribution is 9.10. The lowest BCUT2D eigenvalue weighted by Gasteiger charge is -2.29. The summed E-state index contributed by atoms with van der Waals surface area (Å²) < 4.78 is 36.1. The molecule has 0 aliphatic carbocycles. The monoisotopic (exact) mass is 377 g/mol. The maximum Gasteiger partial charge on any atom is 0.245 e. The van der Waals surface area contributed by atoms with Crippen molar-refractivity contribution in [3.63, 3.8) is 0 Å². The molecule has 1 saturated heterocycles. The van der Waals surface area contributed by atoms with E-state index >= 15 is 0 Å². The summed E-state index contributed by atoms with van der Waals surface area (Å²) in [5.74, 6) is 0. The van der Waals surface area contributed by atoms with Crippen LogP contribution in [0.3, 0.4) is 0 Å². The molecule has 1 aliphatic rings. The van der Waals surface area contributed by atoms with E-state index in [-0.39, 0.29) is 4.90 Å². The minimum Gasteiger partial charge on any atom is -0.335 e. The Morgan fingerprint density at radius 1 is 1.25 bits per heavy atom. The van der Waals surface area contributed by atoms with Gasteiger partial charge in [-0.15, -0.1) is 0 Å². The van der Waals surface area contributed by atoms with E-state index in [9.17, 15) is 8.42 Å². The van der Waals surface area contributed by atoms with Gasteiger partial charge < -0.3 is 4.90 Å². The number of rotatable bonds is 2. The summed E-state index contributed by atoms with van der Waals surface area (Å²) in [4.78, 5) is 1.61. The predicted molar refractivity (Wildman–Crippen MR) is 80.5 cm³/mol. The van der Waals surface area contributed by atoms with Crippen LogP contribution >= 0.6 is 27.7 Å². The molecule has 1 fully saturated rings. The van der Waals surface area contributed by atoms with Gasteiger partial charge in [-0.3, -0.25) is 0 Å². The third-order valence-electron chi connectivity index (χ3n) is 3.52. The first-order valence-corrected chi connectivity index (χ1v) is 9.18. The van der Waals surface area contributed by atoms with Crippen LogP contribution in [-0.4, -0.2) is 54.7 Å². The fourth-order valence-corrected chi connectivity index (χ4v) is 4.99. The van der Waals surface area contributed by atoms with Crippen molar-refractivity contribution in [2.75, 3.05) is 33.2 Å². The van der Waals surface area contributed by atoms with Gasteiger partial charge in [-0.2, -0.15) is 13.1 Å². The van der Waals surface area contributed by atoms with E-state index in [1.807, 2.05) is 0 Å². The zero-order valence-corrected chi connectivity index (χ0v) is 14.1. The molecule has 1 aromatic carbocycles. The van der Waals surface area contributed by atoms with Gasteiger partial charge >= 0.3 is 0 Å². The molecule has 0 atom stereocenters. The fourth-order valence-electron chi connectivity index (χ4n) is 2.27. The van der Waals surface area contributed by atoms with Crippen molar-refractivity contribution in [3.8, 4) is 0 Å². The van der Waals surface area contributed by atoms with Gasteiger partial charge in [-0.05, 0) is 28.1 Å². The average molecular weight is 378 g/mol. The van der Waals surface area contributed by atoms with Crippen molar-refractivity contribution in [2.45, 2.75) is 4.90 Å². The number of hydrogen-bond acceptors (Lipinski definition) is 5. The average Bonchev–Trinajstić information content (AvgIpc) is 2.89. The maximum absolute atomic E-state index is 12.8. The van der Waals surface area contributed by atoms with Crippen LogP contribution < -0.4 is 4.90 Å². The van der Waals surface area contributed by atoms with E-state index in [1.54, 1.807) is 16.4 Å². The molecule has 0 radical (unpaired) electrons. The number of likely N-dealkylation sites (N-methyl/N-ethyl adjacent to an activating group) is 1. The van der Waals surface area contributed by atoms with Crippen LogP contribution in [0.4, 0.5) is 0 Å². The van der Waals surface area contributed by atoms with Gasteiger partial charge in [0.2, 0.25) is 10.0 Å². The molecule has 2 aromatic rings. The van der Waals surface area contributed by atoms with Crippen LogP contribution in [0.5, 0.6) is 0 Å². The van der Waals surface area contributed by atoms with Gasteiger partial charge in [0.15, 0.2) is 0 Å². The number of fused-ring (bicyclic) bond motifs is 1. The van der Waals surface area contributed by atoms with E-state index in [4.69, 9.17) is 0 Å². The Labute approximate surface area is 129 Å². The van der Waals surface area contributed by atoms with Crippen molar-refractivity contribution < 1.29 is 13.3 Å².